The molecule has 0 spiro atoms. The Hall–Kier alpha value is -0.530. The van der Waals surface area contributed by atoms with Gasteiger partial charge in [0.25, 0.3) is 0 Å². The highest BCUT2D eigenvalue weighted by atomic mass is 15.2. The predicted octanol–water partition coefficient (Wildman–Crippen LogP) is 1.02. The van der Waals surface area contributed by atoms with Crippen molar-refractivity contribution in [2.24, 2.45) is 0 Å². The average molecular weight is 143 g/mol. The number of amidine groups is 1. The fourth-order valence-corrected chi connectivity index (χ4v) is 0.749. The highest BCUT2D eigenvalue weighted by molar-refractivity contribution is 5.74. The third-order valence-corrected chi connectivity index (χ3v) is 2.05. The topological polar surface area (TPSA) is 6.25 Å². The summed E-state index contributed by atoms with van der Waals surface area (Å²) in [5, 5.41) is 0. The minimum absolute atomic E-state index is 1.08. The molecule has 0 atom stereocenters. The Morgan fingerprint density at radius 2 is 1.90 bits per heavy atom. The molecule has 2 nitrogen and oxygen atoms in total. The van der Waals surface area contributed by atoms with Crippen LogP contribution in [-0.2, 0) is 0 Å². The van der Waals surface area contributed by atoms with Crippen LogP contribution in [0.15, 0.2) is 0 Å². The van der Waals surface area contributed by atoms with Crippen molar-refractivity contribution in [3.05, 3.63) is 0 Å². The average Bonchev–Trinajstić information content (AvgIpc) is 2.00. The van der Waals surface area contributed by atoms with Crippen LogP contribution in [0.4, 0.5) is 0 Å². The van der Waals surface area contributed by atoms with E-state index in [9.17, 15) is 0 Å². The summed E-state index contributed by atoms with van der Waals surface area (Å²) >= 11 is 0. The van der Waals surface area contributed by atoms with Gasteiger partial charge in [0.1, 0.15) is 0 Å². The highest BCUT2D eigenvalue weighted by Crippen LogP contribution is 1.84. The zero-order valence-electron chi connectivity index (χ0n) is 7.81. The fourth-order valence-electron chi connectivity index (χ4n) is 0.749. The second-order valence-corrected chi connectivity index (χ2v) is 2.58. The lowest BCUT2D eigenvalue weighted by atomic mass is 10.5. The van der Waals surface area contributed by atoms with Gasteiger partial charge in [0.15, 0.2) is 0 Å². The smallest absolute Gasteiger partial charge is 0.243 e. The first-order chi connectivity index (χ1) is 4.63. The molecule has 0 N–H and O–H groups in total. The van der Waals surface area contributed by atoms with E-state index in [0.29, 0.717) is 0 Å². The summed E-state index contributed by atoms with van der Waals surface area (Å²) in [5.74, 6) is 1.34. The molecule has 0 amide bonds. The van der Waals surface area contributed by atoms with E-state index in [1.807, 2.05) is 0 Å². The molecule has 10 heavy (non-hydrogen) atoms. The van der Waals surface area contributed by atoms with Crippen molar-refractivity contribution >= 4 is 5.84 Å². The molecule has 0 saturated carbocycles. The number of rotatable bonds is 2. The van der Waals surface area contributed by atoms with E-state index < -0.39 is 0 Å². The molecule has 0 aliphatic carbocycles. The summed E-state index contributed by atoms with van der Waals surface area (Å²) in [6.45, 7) is 8.62. The third-order valence-electron chi connectivity index (χ3n) is 2.05. The second kappa shape index (κ2) is 4.31. The van der Waals surface area contributed by atoms with Gasteiger partial charge in [-0.2, -0.15) is 0 Å². The lowest BCUT2D eigenvalue weighted by Crippen LogP contribution is -2.31. The van der Waals surface area contributed by atoms with E-state index in [0.717, 1.165) is 13.1 Å². The van der Waals surface area contributed by atoms with Gasteiger partial charge in [-0.05, 0) is 13.8 Å². The normalized spacial score (nSPS) is 12.9. The molecule has 0 fully saturated rings. The number of hydrogen-bond acceptors (Lipinski definition) is 0. The van der Waals surface area contributed by atoms with Crippen molar-refractivity contribution in [2.75, 3.05) is 27.2 Å². The summed E-state index contributed by atoms with van der Waals surface area (Å²) in [6, 6.07) is 0. The van der Waals surface area contributed by atoms with Gasteiger partial charge in [0.05, 0.1) is 27.2 Å². The maximum atomic E-state index is 2.24. The van der Waals surface area contributed by atoms with E-state index >= 15 is 0 Å². The maximum absolute atomic E-state index is 2.24. The number of hydrogen-bond donors (Lipinski definition) is 0. The molecule has 0 unspecified atom stereocenters. The lowest BCUT2D eigenvalue weighted by molar-refractivity contribution is -0.498. The highest BCUT2D eigenvalue weighted by Gasteiger charge is 2.06. The van der Waals surface area contributed by atoms with Crippen molar-refractivity contribution in [3.8, 4) is 0 Å². The van der Waals surface area contributed by atoms with Gasteiger partial charge in [-0.25, -0.2) is 0 Å². The molecule has 0 aromatic heterocycles. The Morgan fingerprint density at radius 3 is 2.20 bits per heavy atom. The van der Waals surface area contributed by atoms with Crippen LogP contribution in [0.1, 0.15) is 20.8 Å². The standard InChI is InChI=1S/C8H19N2/c1-6-9(4)8(3)10(5)7-2/h6-7H2,1-5H3/q+1. The van der Waals surface area contributed by atoms with Crippen LogP contribution in [0.25, 0.3) is 0 Å². The lowest BCUT2D eigenvalue weighted by Gasteiger charge is -2.11. The van der Waals surface area contributed by atoms with E-state index in [1.165, 1.54) is 5.84 Å². The van der Waals surface area contributed by atoms with Crippen LogP contribution >= 0.6 is 0 Å². The van der Waals surface area contributed by atoms with Crippen LogP contribution in [0.5, 0.6) is 0 Å². The van der Waals surface area contributed by atoms with Crippen molar-refractivity contribution in [1.29, 1.82) is 0 Å². The minimum atomic E-state index is 1.08. The fraction of sp³-hybridized carbons (Fsp3) is 0.875. The van der Waals surface area contributed by atoms with Crippen LogP contribution in [0, 0.1) is 0 Å². The van der Waals surface area contributed by atoms with Gasteiger partial charge >= 0.3 is 0 Å². The van der Waals surface area contributed by atoms with E-state index in [-0.39, 0.29) is 0 Å². The zero-order chi connectivity index (χ0) is 8.15. The molecule has 60 valence electrons. The van der Waals surface area contributed by atoms with Crippen LogP contribution in [0.3, 0.4) is 0 Å². The molecule has 0 aliphatic heterocycles. The molecule has 0 radical (unpaired) electrons. The molecule has 2 heteroatoms. The summed E-state index contributed by atoms with van der Waals surface area (Å²) in [7, 11) is 4.23. The van der Waals surface area contributed by atoms with Gasteiger partial charge in [-0.15, -0.1) is 0 Å². The largest absolute Gasteiger partial charge is 0.269 e. The first-order valence-corrected chi connectivity index (χ1v) is 3.89. The zero-order valence-corrected chi connectivity index (χ0v) is 7.81. The third kappa shape index (κ3) is 2.38. The summed E-state index contributed by atoms with van der Waals surface area (Å²) in [5.41, 5.74) is 0. The second-order valence-electron chi connectivity index (χ2n) is 2.58. The van der Waals surface area contributed by atoms with Crippen molar-refractivity contribution in [2.45, 2.75) is 20.8 Å². The first-order valence-electron chi connectivity index (χ1n) is 3.89. The van der Waals surface area contributed by atoms with Gasteiger partial charge < -0.3 is 0 Å². The van der Waals surface area contributed by atoms with E-state index in [2.05, 4.69) is 44.3 Å². The molecule has 0 heterocycles. The summed E-state index contributed by atoms with van der Waals surface area (Å²) in [6.07, 6.45) is 0. The molecular formula is C8H19N2+. The Labute approximate surface area is 64.2 Å². The first kappa shape index (κ1) is 9.47. The molecule has 0 bridgehead atoms. The quantitative estimate of drug-likeness (QED) is 0.318. The van der Waals surface area contributed by atoms with E-state index in [1.54, 1.807) is 0 Å². The van der Waals surface area contributed by atoms with Crippen LogP contribution in [-0.4, -0.2) is 42.5 Å². The Bertz CT molecular complexity index is 127. The molecule has 0 aromatic rings. The van der Waals surface area contributed by atoms with Crippen molar-refractivity contribution in [3.63, 3.8) is 0 Å². The monoisotopic (exact) mass is 143 g/mol. The molecule has 0 aliphatic rings. The summed E-state index contributed by atoms with van der Waals surface area (Å²) in [4.78, 5) is 2.24. The van der Waals surface area contributed by atoms with E-state index in [4.69, 9.17) is 0 Å². The molecule has 0 rings (SSSR count). The predicted molar refractivity (Wildman–Crippen MR) is 45.7 cm³/mol. The van der Waals surface area contributed by atoms with Gasteiger partial charge in [-0.1, -0.05) is 0 Å². The van der Waals surface area contributed by atoms with Gasteiger partial charge in [-0.3, -0.25) is 9.48 Å². The Balaban J connectivity index is 4.15. The Morgan fingerprint density at radius 1 is 1.40 bits per heavy atom. The van der Waals surface area contributed by atoms with Crippen molar-refractivity contribution < 1.29 is 4.58 Å². The van der Waals surface area contributed by atoms with Crippen molar-refractivity contribution in [1.82, 2.24) is 4.90 Å². The van der Waals surface area contributed by atoms with Gasteiger partial charge in [0, 0.05) is 6.92 Å². The molecular weight excluding hydrogens is 124 g/mol. The molecule has 0 aromatic carbocycles. The number of nitrogens with zero attached hydrogens (tertiary/aromatic N) is 2. The van der Waals surface area contributed by atoms with Gasteiger partial charge in [0.2, 0.25) is 5.84 Å². The minimum Gasteiger partial charge on any atom is -0.269 e. The SMILES string of the molecule is CCN(C)C(C)=[N+](C)CC. The Kier molecular flexibility index (Phi) is 4.08. The maximum Gasteiger partial charge on any atom is 0.243 e. The summed E-state index contributed by atoms with van der Waals surface area (Å²) < 4.78 is 2.24. The molecule has 0 saturated heterocycles. The van der Waals surface area contributed by atoms with Crippen LogP contribution < -0.4 is 0 Å². The van der Waals surface area contributed by atoms with Crippen LogP contribution in [0.2, 0.25) is 0 Å².